The van der Waals surface area contributed by atoms with Crippen molar-refractivity contribution in [1.29, 1.82) is 0 Å². The van der Waals surface area contributed by atoms with Gasteiger partial charge in [-0.2, -0.15) is 0 Å². The highest BCUT2D eigenvalue weighted by atomic mass is 16.2. The molecule has 0 spiro atoms. The maximum absolute atomic E-state index is 12.8. The Labute approximate surface area is 125 Å². The van der Waals surface area contributed by atoms with E-state index < -0.39 is 0 Å². The molecule has 2 aromatic carbocycles. The summed E-state index contributed by atoms with van der Waals surface area (Å²) >= 11 is 0. The Balaban J connectivity index is 1.79. The Morgan fingerprint density at radius 1 is 1.00 bits per heavy atom. The third-order valence-electron chi connectivity index (χ3n) is 4.12. The number of hydrogen-bond donors (Lipinski definition) is 1. The summed E-state index contributed by atoms with van der Waals surface area (Å²) < 4.78 is 0. The molecule has 1 aliphatic heterocycles. The van der Waals surface area contributed by atoms with E-state index in [-0.39, 0.29) is 5.91 Å². The number of nitrogens with zero attached hydrogens (tertiary/aromatic N) is 2. The molecule has 0 aromatic heterocycles. The average Bonchev–Trinajstić information content (AvgIpc) is 2.55. The summed E-state index contributed by atoms with van der Waals surface area (Å²) in [5, 5.41) is 2.15. The molecule has 110 valence electrons. The van der Waals surface area contributed by atoms with Crippen LogP contribution < -0.4 is 5.73 Å². The van der Waals surface area contributed by atoms with Crippen molar-refractivity contribution in [1.82, 2.24) is 9.80 Å². The van der Waals surface area contributed by atoms with Gasteiger partial charge in [0.2, 0.25) is 0 Å². The van der Waals surface area contributed by atoms with E-state index in [9.17, 15) is 4.79 Å². The SMILES string of the molecule is NCCN1CCN(C(=O)c2cccc3ccccc23)CC1. The number of piperazine rings is 1. The molecule has 1 saturated heterocycles. The molecule has 0 bridgehead atoms. The molecular weight excluding hydrogens is 262 g/mol. The third-order valence-corrected chi connectivity index (χ3v) is 4.12. The van der Waals surface area contributed by atoms with E-state index in [0.717, 1.165) is 49.1 Å². The second-order valence-corrected chi connectivity index (χ2v) is 5.45. The van der Waals surface area contributed by atoms with Gasteiger partial charge in [0.25, 0.3) is 5.91 Å². The summed E-state index contributed by atoms with van der Waals surface area (Å²) in [6.07, 6.45) is 0. The number of amides is 1. The van der Waals surface area contributed by atoms with Crippen molar-refractivity contribution < 1.29 is 4.79 Å². The van der Waals surface area contributed by atoms with Crippen LogP contribution in [0.5, 0.6) is 0 Å². The molecular formula is C17H21N3O. The van der Waals surface area contributed by atoms with Crippen molar-refractivity contribution in [2.45, 2.75) is 0 Å². The summed E-state index contributed by atoms with van der Waals surface area (Å²) in [7, 11) is 0. The molecule has 2 aromatic rings. The van der Waals surface area contributed by atoms with E-state index in [2.05, 4.69) is 4.90 Å². The first-order valence-electron chi connectivity index (χ1n) is 7.49. The van der Waals surface area contributed by atoms with Crippen molar-refractivity contribution >= 4 is 16.7 Å². The van der Waals surface area contributed by atoms with Crippen molar-refractivity contribution in [3.8, 4) is 0 Å². The van der Waals surface area contributed by atoms with Crippen LogP contribution in [0.25, 0.3) is 10.8 Å². The van der Waals surface area contributed by atoms with Gasteiger partial charge in [0, 0.05) is 44.8 Å². The number of carbonyl (C=O) groups excluding carboxylic acids is 1. The Hall–Kier alpha value is -1.91. The van der Waals surface area contributed by atoms with E-state index >= 15 is 0 Å². The minimum absolute atomic E-state index is 0.138. The Kier molecular flexibility index (Phi) is 4.18. The van der Waals surface area contributed by atoms with Crippen LogP contribution in [0.2, 0.25) is 0 Å². The molecule has 0 radical (unpaired) electrons. The van der Waals surface area contributed by atoms with Gasteiger partial charge in [-0.1, -0.05) is 36.4 Å². The lowest BCUT2D eigenvalue weighted by atomic mass is 10.0. The lowest BCUT2D eigenvalue weighted by Gasteiger charge is -2.34. The number of carbonyl (C=O) groups is 1. The van der Waals surface area contributed by atoms with Gasteiger partial charge in [0.05, 0.1) is 0 Å². The maximum atomic E-state index is 12.8. The van der Waals surface area contributed by atoms with E-state index in [1.807, 2.05) is 47.4 Å². The van der Waals surface area contributed by atoms with Gasteiger partial charge >= 0.3 is 0 Å². The first-order valence-corrected chi connectivity index (χ1v) is 7.49. The van der Waals surface area contributed by atoms with Crippen LogP contribution in [-0.4, -0.2) is 55.0 Å². The van der Waals surface area contributed by atoms with Gasteiger partial charge in [-0.15, -0.1) is 0 Å². The third kappa shape index (κ3) is 2.91. The topological polar surface area (TPSA) is 49.6 Å². The van der Waals surface area contributed by atoms with Crippen molar-refractivity contribution in [2.75, 3.05) is 39.3 Å². The predicted octanol–water partition coefficient (Wildman–Crippen LogP) is 1.56. The molecule has 0 atom stereocenters. The van der Waals surface area contributed by atoms with Gasteiger partial charge in [0.1, 0.15) is 0 Å². The van der Waals surface area contributed by atoms with Gasteiger partial charge in [-0.05, 0) is 16.8 Å². The van der Waals surface area contributed by atoms with Crippen LogP contribution in [0.4, 0.5) is 0 Å². The molecule has 4 nitrogen and oxygen atoms in total. The van der Waals surface area contributed by atoms with Crippen LogP contribution in [-0.2, 0) is 0 Å². The summed E-state index contributed by atoms with van der Waals surface area (Å²) in [6, 6.07) is 14.0. The fourth-order valence-corrected chi connectivity index (χ4v) is 2.94. The van der Waals surface area contributed by atoms with Crippen molar-refractivity contribution in [2.24, 2.45) is 5.73 Å². The highest BCUT2D eigenvalue weighted by Gasteiger charge is 2.22. The normalized spacial score (nSPS) is 16.3. The molecule has 1 fully saturated rings. The highest BCUT2D eigenvalue weighted by molar-refractivity contribution is 6.07. The molecule has 0 saturated carbocycles. The number of fused-ring (bicyclic) bond motifs is 1. The zero-order valence-electron chi connectivity index (χ0n) is 12.2. The van der Waals surface area contributed by atoms with Crippen LogP contribution in [0.15, 0.2) is 42.5 Å². The summed E-state index contributed by atoms with van der Waals surface area (Å²) in [6.45, 7) is 4.97. The van der Waals surface area contributed by atoms with E-state index in [4.69, 9.17) is 5.73 Å². The Bertz CT molecular complexity index is 627. The summed E-state index contributed by atoms with van der Waals surface area (Å²) in [4.78, 5) is 17.0. The Morgan fingerprint density at radius 2 is 1.71 bits per heavy atom. The molecule has 21 heavy (non-hydrogen) atoms. The maximum Gasteiger partial charge on any atom is 0.254 e. The molecule has 2 N–H and O–H groups in total. The van der Waals surface area contributed by atoms with E-state index in [1.54, 1.807) is 0 Å². The lowest BCUT2D eigenvalue weighted by molar-refractivity contribution is 0.0643. The van der Waals surface area contributed by atoms with Crippen LogP contribution in [0, 0.1) is 0 Å². The molecule has 0 unspecified atom stereocenters. The number of hydrogen-bond acceptors (Lipinski definition) is 3. The van der Waals surface area contributed by atoms with E-state index in [1.165, 1.54) is 0 Å². The zero-order chi connectivity index (χ0) is 14.7. The molecule has 3 rings (SSSR count). The quantitative estimate of drug-likeness (QED) is 0.930. The van der Waals surface area contributed by atoms with Crippen LogP contribution in [0.3, 0.4) is 0 Å². The fourth-order valence-electron chi connectivity index (χ4n) is 2.94. The average molecular weight is 283 g/mol. The van der Waals surface area contributed by atoms with Gasteiger partial charge in [-0.25, -0.2) is 0 Å². The number of rotatable bonds is 3. The molecule has 0 aliphatic carbocycles. The first kappa shape index (κ1) is 14.0. The predicted molar refractivity (Wildman–Crippen MR) is 85.3 cm³/mol. The summed E-state index contributed by atoms with van der Waals surface area (Å²) in [5.41, 5.74) is 6.39. The van der Waals surface area contributed by atoms with Crippen LogP contribution >= 0.6 is 0 Å². The van der Waals surface area contributed by atoms with Crippen molar-refractivity contribution in [3.05, 3.63) is 48.0 Å². The highest BCUT2D eigenvalue weighted by Crippen LogP contribution is 2.20. The number of benzene rings is 2. The minimum atomic E-state index is 0.138. The van der Waals surface area contributed by atoms with Crippen LogP contribution in [0.1, 0.15) is 10.4 Å². The van der Waals surface area contributed by atoms with Gasteiger partial charge in [-0.3, -0.25) is 9.69 Å². The fraction of sp³-hybridized carbons (Fsp3) is 0.353. The largest absolute Gasteiger partial charge is 0.336 e. The zero-order valence-corrected chi connectivity index (χ0v) is 12.2. The van der Waals surface area contributed by atoms with Crippen molar-refractivity contribution in [3.63, 3.8) is 0 Å². The molecule has 4 heteroatoms. The Morgan fingerprint density at radius 3 is 2.48 bits per heavy atom. The van der Waals surface area contributed by atoms with Gasteiger partial charge < -0.3 is 10.6 Å². The smallest absolute Gasteiger partial charge is 0.254 e. The second kappa shape index (κ2) is 6.24. The molecule has 1 aliphatic rings. The monoisotopic (exact) mass is 283 g/mol. The second-order valence-electron chi connectivity index (χ2n) is 5.45. The summed E-state index contributed by atoms with van der Waals surface area (Å²) in [5.74, 6) is 0.138. The van der Waals surface area contributed by atoms with E-state index in [0.29, 0.717) is 6.54 Å². The number of nitrogens with two attached hydrogens (primary N) is 1. The minimum Gasteiger partial charge on any atom is -0.336 e. The molecule has 1 heterocycles. The molecule has 1 amide bonds. The first-order chi connectivity index (χ1) is 10.3. The lowest BCUT2D eigenvalue weighted by Crippen LogP contribution is -2.49. The van der Waals surface area contributed by atoms with Gasteiger partial charge in [0.15, 0.2) is 0 Å². The standard InChI is InChI=1S/C17H21N3O/c18-8-9-19-10-12-20(13-11-19)17(21)16-7-3-5-14-4-1-2-6-15(14)16/h1-7H,8-13,18H2.